The van der Waals surface area contributed by atoms with Crippen molar-refractivity contribution in [3.63, 3.8) is 0 Å². The highest BCUT2D eigenvalue weighted by Gasteiger charge is 2.22. The molecule has 0 aliphatic carbocycles. The van der Waals surface area contributed by atoms with Crippen LogP contribution in [0.4, 0.5) is 0 Å². The minimum atomic E-state index is -4.65. The van der Waals surface area contributed by atoms with Gasteiger partial charge in [-0.15, -0.1) is 0 Å². The maximum Gasteiger partial charge on any atom is 0.306 e. The van der Waals surface area contributed by atoms with E-state index in [4.69, 9.17) is 18.5 Å². The van der Waals surface area contributed by atoms with Gasteiger partial charge in [-0.05, 0) is 89.9 Å². The maximum atomic E-state index is 12.9. The molecule has 0 fully saturated rings. The SMILES string of the molecule is CC/C=C\C/C=C\C/C=C\C/C=C\C/C=C\C/C=C\CCCCCCCCCCCCCCCCCCCCCCC(=O)OC(COC(=O)CCCCCCCCCCCCCCCCCCCCCCCCCCCCCCC/C=C\CCCCCCCCCC)COP(=O)([O-])OCC[N+](C)(C)C. The van der Waals surface area contributed by atoms with E-state index in [2.05, 4.69) is 98.9 Å². The topological polar surface area (TPSA) is 111 Å². The summed E-state index contributed by atoms with van der Waals surface area (Å²) < 4.78 is 34.5. The molecule has 0 rings (SSSR count). The summed E-state index contributed by atoms with van der Waals surface area (Å²) in [4.78, 5) is 38.3. The molecule has 0 aromatic heterocycles. The molecule has 0 aliphatic rings. The minimum absolute atomic E-state index is 0.0292. The molecule has 0 bridgehead atoms. The predicted octanol–water partition coefficient (Wildman–Crippen LogP) is 30.1. The van der Waals surface area contributed by atoms with Crippen LogP contribution in [-0.4, -0.2) is 70.0 Å². The fraction of sp³-hybridized carbons (Fsp3) is 0.830. The average Bonchev–Trinajstić information content (AvgIpc) is 0.915. The number of phosphoric ester groups is 1. The molecule has 0 N–H and O–H groups in total. The fourth-order valence-electron chi connectivity index (χ4n) is 13.5. The number of carbonyl (C=O) groups is 2. The van der Waals surface area contributed by atoms with E-state index in [1.54, 1.807) is 0 Å². The lowest BCUT2D eigenvalue weighted by Crippen LogP contribution is -2.37. The molecular formula is C94H174NO8P. The third-order valence-corrected chi connectivity index (χ3v) is 21.4. The summed E-state index contributed by atoms with van der Waals surface area (Å²) in [5.41, 5.74) is 0. The van der Waals surface area contributed by atoms with Crippen molar-refractivity contribution in [2.75, 3.05) is 47.5 Å². The van der Waals surface area contributed by atoms with Gasteiger partial charge in [0.05, 0.1) is 27.7 Å². The second-order valence-electron chi connectivity index (χ2n) is 31.9. The molecule has 2 atom stereocenters. The van der Waals surface area contributed by atoms with Crippen LogP contribution in [0, 0.1) is 0 Å². The van der Waals surface area contributed by atoms with Crippen molar-refractivity contribution in [3.05, 3.63) is 85.1 Å². The van der Waals surface area contributed by atoms with Crippen LogP contribution in [0.15, 0.2) is 85.1 Å². The number of rotatable bonds is 85. The first kappa shape index (κ1) is 101. The molecule has 0 heterocycles. The Bertz CT molecular complexity index is 2040. The monoisotopic (exact) mass is 1480 g/mol. The predicted molar refractivity (Wildman–Crippen MR) is 453 cm³/mol. The van der Waals surface area contributed by atoms with Gasteiger partial charge in [0.25, 0.3) is 7.82 Å². The van der Waals surface area contributed by atoms with Crippen LogP contribution in [0.2, 0.25) is 0 Å². The Kier molecular flexibility index (Phi) is 81.9. The lowest BCUT2D eigenvalue weighted by atomic mass is 10.0. The zero-order chi connectivity index (χ0) is 75.4. The highest BCUT2D eigenvalue weighted by molar-refractivity contribution is 7.45. The lowest BCUT2D eigenvalue weighted by molar-refractivity contribution is -0.870. The first-order valence-electron chi connectivity index (χ1n) is 45.3. The molecule has 608 valence electrons. The van der Waals surface area contributed by atoms with Crippen LogP contribution in [-0.2, 0) is 32.7 Å². The van der Waals surface area contributed by atoms with E-state index < -0.39 is 26.5 Å². The van der Waals surface area contributed by atoms with Gasteiger partial charge in [0.2, 0.25) is 0 Å². The average molecular weight is 1480 g/mol. The molecule has 10 heteroatoms. The highest BCUT2D eigenvalue weighted by Crippen LogP contribution is 2.38. The Morgan fingerprint density at radius 1 is 0.308 bits per heavy atom. The summed E-state index contributed by atoms with van der Waals surface area (Å²) in [6, 6.07) is 0. The molecule has 0 amide bonds. The van der Waals surface area contributed by atoms with Crippen molar-refractivity contribution >= 4 is 19.8 Å². The van der Waals surface area contributed by atoms with Gasteiger partial charge in [0.1, 0.15) is 19.8 Å². The van der Waals surface area contributed by atoms with E-state index in [9.17, 15) is 19.0 Å². The summed E-state index contributed by atoms with van der Waals surface area (Å²) in [6.45, 7) is 4.20. The molecule has 0 saturated heterocycles. The zero-order valence-electron chi connectivity index (χ0n) is 69.7. The number of carbonyl (C=O) groups excluding carboxylic acids is 2. The maximum absolute atomic E-state index is 12.9. The molecule has 2 unspecified atom stereocenters. The van der Waals surface area contributed by atoms with Crippen LogP contribution in [0.5, 0.6) is 0 Å². The molecule has 0 aromatic rings. The van der Waals surface area contributed by atoms with E-state index in [-0.39, 0.29) is 32.0 Å². The van der Waals surface area contributed by atoms with Crippen molar-refractivity contribution in [2.45, 2.75) is 457 Å². The van der Waals surface area contributed by atoms with E-state index >= 15 is 0 Å². The molecule has 0 saturated carbocycles. The van der Waals surface area contributed by atoms with Crippen LogP contribution in [0.1, 0.15) is 450 Å². The van der Waals surface area contributed by atoms with Gasteiger partial charge in [0, 0.05) is 12.8 Å². The van der Waals surface area contributed by atoms with Gasteiger partial charge in [-0.3, -0.25) is 14.2 Å². The zero-order valence-corrected chi connectivity index (χ0v) is 70.6. The molecular weight excluding hydrogens is 1300 g/mol. The van der Waals surface area contributed by atoms with Crippen LogP contribution < -0.4 is 4.89 Å². The summed E-state index contributed by atoms with van der Waals surface area (Å²) >= 11 is 0. The normalized spacial score (nSPS) is 13.3. The second-order valence-corrected chi connectivity index (χ2v) is 33.3. The Morgan fingerprint density at radius 3 is 0.827 bits per heavy atom. The molecule has 0 aliphatic heterocycles. The molecule has 0 spiro atoms. The van der Waals surface area contributed by atoms with Gasteiger partial charge < -0.3 is 27.9 Å². The first-order chi connectivity index (χ1) is 51.0. The van der Waals surface area contributed by atoms with E-state index in [1.807, 2.05) is 21.1 Å². The second kappa shape index (κ2) is 84.2. The third-order valence-electron chi connectivity index (χ3n) is 20.4. The number of phosphoric acid groups is 1. The number of unbranched alkanes of at least 4 members (excludes halogenated alkanes) is 57. The van der Waals surface area contributed by atoms with Gasteiger partial charge in [-0.25, -0.2) is 0 Å². The first-order valence-corrected chi connectivity index (χ1v) is 46.8. The van der Waals surface area contributed by atoms with Crippen molar-refractivity contribution in [1.82, 2.24) is 0 Å². The molecule has 0 radical (unpaired) electrons. The van der Waals surface area contributed by atoms with E-state index in [0.29, 0.717) is 17.4 Å². The number of hydrogen-bond acceptors (Lipinski definition) is 8. The third kappa shape index (κ3) is 88.1. The number of nitrogens with zero attached hydrogens (tertiary/aromatic N) is 1. The standard InChI is InChI=1S/C94H174NO8P/c1-6-8-10-12-14-16-18-20-22-24-26-28-30-32-34-36-38-40-42-44-46-47-49-50-52-54-56-58-60-62-64-66-68-70-72-74-76-78-80-82-84-86-93(96)100-90-92(91-102-104(98,99)101-89-88-95(3,4)5)103-94(97)87-85-83-81-79-77-75-73-71-69-67-65-63-61-59-57-55-53-51-48-45-43-41-39-37-35-33-31-29-27-25-23-21-19-17-15-13-11-9-7-2/h9,11,15,17,21,23-24,26-27,29,33,35,39,41,92H,6-8,10,12-14,16,18-20,22,25,28,30-32,34,36-38,40,42-91H2,1-5H3/b11-9-,17-15-,23-21-,26-24-,29-27-,35-33-,41-39-. The number of hydrogen-bond donors (Lipinski definition) is 0. The summed E-state index contributed by atoms with van der Waals surface area (Å²) in [5.74, 6) is -0.809. The number of likely N-dealkylation sites (N-methyl/N-ethyl adjacent to an activating group) is 1. The Labute approximate surface area is 647 Å². The van der Waals surface area contributed by atoms with Gasteiger partial charge >= 0.3 is 11.9 Å². The fourth-order valence-corrected chi connectivity index (χ4v) is 14.3. The summed E-state index contributed by atoms with van der Waals surface area (Å²) in [6.07, 6.45) is 118. The van der Waals surface area contributed by atoms with Crippen LogP contribution >= 0.6 is 7.82 Å². The van der Waals surface area contributed by atoms with Crippen LogP contribution in [0.25, 0.3) is 0 Å². The summed E-state index contributed by atoms with van der Waals surface area (Å²) in [7, 11) is 1.19. The van der Waals surface area contributed by atoms with Crippen LogP contribution in [0.3, 0.4) is 0 Å². The Morgan fingerprint density at radius 2 is 0.548 bits per heavy atom. The van der Waals surface area contributed by atoms with Crippen molar-refractivity contribution in [1.29, 1.82) is 0 Å². The molecule has 9 nitrogen and oxygen atoms in total. The van der Waals surface area contributed by atoms with Gasteiger partial charge in [-0.2, -0.15) is 0 Å². The summed E-state index contributed by atoms with van der Waals surface area (Å²) in [5, 5.41) is 0. The van der Waals surface area contributed by atoms with Gasteiger partial charge in [-0.1, -0.05) is 433 Å². The van der Waals surface area contributed by atoms with Gasteiger partial charge in [0.15, 0.2) is 6.10 Å². The van der Waals surface area contributed by atoms with Crippen molar-refractivity contribution < 1.29 is 42.1 Å². The lowest BCUT2D eigenvalue weighted by Gasteiger charge is -2.28. The Hall–Kier alpha value is -2.81. The number of quaternary nitrogens is 1. The Balaban J connectivity index is 3.85. The number of esters is 2. The largest absolute Gasteiger partial charge is 0.756 e. The molecule has 0 aromatic carbocycles. The number of ether oxygens (including phenoxy) is 2. The highest BCUT2D eigenvalue weighted by atomic mass is 31.2. The quantitative estimate of drug-likeness (QED) is 0.0195. The number of allylic oxidation sites excluding steroid dienone is 14. The molecule has 104 heavy (non-hydrogen) atoms. The smallest absolute Gasteiger partial charge is 0.306 e. The minimum Gasteiger partial charge on any atom is -0.756 e. The van der Waals surface area contributed by atoms with E-state index in [1.165, 1.54) is 340 Å². The van der Waals surface area contributed by atoms with Crippen molar-refractivity contribution in [2.24, 2.45) is 0 Å². The van der Waals surface area contributed by atoms with Crippen molar-refractivity contribution in [3.8, 4) is 0 Å². The van der Waals surface area contributed by atoms with E-state index in [0.717, 1.165) is 77.0 Å².